The number of nitrogens with zero attached hydrogens (tertiary/aromatic N) is 1. The van der Waals surface area contributed by atoms with E-state index in [2.05, 4.69) is 48.8 Å². The zero-order valence-corrected chi connectivity index (χ0v) is 14.0. The summed E-state index contributed by atoms with van der Waals surface area (Å²) in [5.74, 6) is -0.0576. The van der Waals surface area contributed by atoms with E-state index in [4.69, 9.17) is 0 Å². The second-order valence-electron chi connectivity index (χ2n) is 4.12. The summed E-state index contributed by atoms with van der Waals surface area (Å²) in [6, 6.07) is 9.62. The molecule has 0 spiro atoms. The summed E-state index contributed by atoms with van der Waals surface area (Å²) in [4.78, 5) is 16.3. The molecular weight excluding hydrogens is 419 g/mol. The lowest BCUT2D eigenvalue weighted by atomic mass is 10.1. The number of amides is 1. The molecule has 0 atom stereocenters. The van der Waals surface area contributed by atoms with E-state index in [-0.39, 0.29) is 12.3 Å². The fourth-order valence-corrected chi connectivity index (χ4v) is 2.47. The standard InChI is InChI=1S/C14H12BrIN2O/c1-9-3-2-6-17-12(9)8-14(19)18-13-7-10(15)4-5-11(13)16/h2-7H,8H2,1H3,(H,18,19). The highest BCUT2D eigenvalue weighted by atomic mass is 127. The minimum atomic E-state index is -0.0576. The fourth-order valence-electron chi connectivity index (χ4n) is 1.64. The van der Waals surface area contributed by atoms with Gasteiger partial charge in [0.15, 0.2) is 0 Å². The van der Waals surface area contributed by atoms with Crippen LogP contribution in [0.1, 0.15) is 11.3 Å². The quantitative estimate of drug-likeness (QED) is 0.749. The highest BCUT2D eigenvalue weighted by Crippen LogP contribution is 2.23. The van der Waals surface area contributed by atoms with Gasteiger partial charge in [-0.1, -0.05) is 22.0 Å². The van der Waals surface area contributed by atoms with Gasteiger partial charge in [-0.05, 0) is 59.3 Å². The van der Waals surface area contributed by atoms with Gasteiger partial charge in [0.25, 0.3) is 0 Å². The first-order chi connectivity index (χ1) is 9.06. The topological polar surface area (TPSA) is 42.0 Å². The van der Waals surface area contributed by atoms with Crippen LogP contribution in [0, 0.1) is 10.5 Å². The third-order valence-corrected chi connectivity index (χ3v) is 4.08. The molecule has 0 unspecified atom stereocenters. The minimum absolute atomic E-state index is 0.0576. The molecule has 5 heteroatoms. The summed E-state index contributed by atoms with van der Waals surface area (Å²) in [7, 11) is 0. The summed E-state index contributed by atoms with van der Waals surface area (Å²) >= 11 is 5.59. The molecule has 2 rings (SSSR count). The highest BCUT2D eigenvalue weighted by Gasteiger charge is 2.09. The Kier molecular flexibility index (Phi) is 4.93. The van der Waals surface area contributed by atoms with Gasteiger partial charge in [-0.2, -0.15) is 0 Å². The van der Waals surface area contributed by atoms with Crippen LogP contribution in [0.15, 0.2) is 41.0 Å². The number of benzene rings is 1. The van der Waals surface area contributed by atoms with Crippen molar-refractivity contribution in [1.29, 1.82) is 0 Å². The maximum absolute atomic E-state index is 12.0. The monoisotopic (exact) mass is 430 g/mol. The van der Waals surface area contributed by atoms with Gasteiger partial charge in [0, 0.05) is 14.2 Å². The first-order valence-electron chi connectivity index (χ1n) is 5.71. The summed E-state index contributed by atoms with van der Waals surface area (Å²) in [6.07, 6.45) is 1.99. The number of hydrogen-bond acceptors (Lipinski definition) is 2. The Labute approximate surface area is 134 Å². The van der Waals surface area contributed by atoms with Gasteiger partial charge < -0.3 is 5.32 Å². The van der Waals surface area contributed by atoms with E-state index >= 15 is 0 Å². The molecule has 19 heavy (non-hydrogen) atoms. The Morgan fingerprint density at radius 1 is 1.42 bits per heavy atom. The normalized spacial score (nSPS) is 10.3. The molecule has 0 aliphatic heterocycles. The number of nitrogens with one attached hydrogen (secondary N) is 1. The van der Waals surface area contributed by atoms with Crippen LogP contribution >= 0.6 is 38.5 Å². The minimum Gasteiger partial charge on any atom is -0.325 e. The smallest absolute Gasteiger partial charge is 0.230 e. The maximum atomic E-state index is 12.0. The van der Waals surface area contributed by atoms with Crippen LogP contribution in [-0.4, -0.2) is 10.9 Å². The van der Waals surface area contributed by atoms with E-state index in [1.807, 2.05) is 37.3 Å². The van der Waals surface area contributed by atoms with Gasteiger partial charge in [-0.3, -0.25) is 9.78 Å². The third kappa shape index (κ3) is 4.01. The van der Waals surface area contributed by atoms with Crippen molar-refractivity contribution in [2.75, 3.05) is 5.32 Å². The number of hydrogen-bond donors (Lipinski definition) is 1. The van der Waals surface area contributed by atoms with Crippen molar-refractivity contribution in [3.05, 3.63) is 55.8 Å². The number of rotatable bonds is 3. The number of halogens is 2. The number of carbonyl (C=O) groups is 1. The van der Waals surface area contributed by atoms with E-state index in [1.54, 1.807) is 6.20 Å². The van der Waals surface area contributed by atoms with E-state index in [0.717, 1.165) is 25.0 Å². The molecule has 3 nitrogen and oxygen atoms in total. The Bertz CT molecular complexity index is 616. The van der Waals surface area contributed by atoms with Crippen LogP contribution in [0.4, 0.5) is 5.69 Å². The molecule has 1 amide bonds. The summed E-state index contributed by atoms with van der Waals surface area (Å²) in [5, 5.41) is 2.91. The lowest BCUT2D eigenvalue weighted by Gasteiger charge is -2.08. The molecule has 1 heterocycles. The zero-order chi connectivity index (χ0) is 13.8. The predicted molar refractivity (Wildman–Crippen MR) is 88.2 cm³/mol. The first-order valence-corrected chi connectivity index (χ1v) is 7.59. The maximum Gasteiger partial charge on any atom is 0.230 e. The first kappa shape index (κ1) is 14.5. The van der Waals surface area contributed by atoms with E-state index in [0.29, 0.717) is 0 Å². The Morgan fingerprint density at radius 2 is 2.21 bits per heavy atom. The Morgan fingerprint density at radius 3 is 2.95 bits per heavy atom. The number of carbonyl (C=O) groups excluding carboxylic acids is 1. The zero-order valence-electron chi connectivity index (χ0n) is 10.3. The molecule has 98 valence electrons. The number of aromatic nitrogens is 1. The molecule has 1 aromatic heterocycles. The van der Waals surface area contributed by atoms with Crippen LogP contribution in [0.25, 0.3) is 0 Å². The molecule has 0 aliphatic rings. The largest absolute Gasteiger partial charge is 0.325 e. The summed E-state index contributed by atoms with van der Waals surface area (Å²) in [5.41, 5.74) is 2.65. The molecular formula is C14H12BrIN2O. The van der Waals surface area contributed by atoms with E-state index in [1.165, 1.54) is 0 Å². The highest BCUT2D eigenvalue weighted by molar-refractivity contribution is 14.1. The molecule has 2 aromatic rings. The molecule has 0 radical (unpaired) electrons. The van der Waals surface area contributed by atoms with Crippen LogP contribution in [0.3, 0.4) is 0 Å². The number of anilines is 1. The van der Waals surface area contributed by atoms with E-state index in [9.17, 15) is 4.79 Å². The Hall–Kier alpha value is -0.950. The van der Waals surface area contributed by atoms with Crippen molar-refractivity contribution < 1.29 is 4.79 Å². The van der Waals surface area contributed by atoms with Crippen LogP contribution < -0.4 is 5.32 Å². The lowest BCUT2D eigenvalue weighted by molar-refractivity contribution is -0.115. The van der Waals surface area contributed by atoms with Crippen LogP contribution in [0.5, 0.6) is 0 Å². The van der Waals surface area contributed by atoms with Crippen molar-refractivity contribution >= 4 is 50.1 Å². The van der Waals surface area contributed by atoms with Crippen molar-refractivity contribution in [3.63, 3.8) is 0 Å². The molecule has 1 N–H and O–H groups in total. The molecule has 0 saturated carbocycles. The molecule has 0 bridgehead atoms. The number of pyridine rings is 1. The second kappa shape index (κ2) is 6.47. The summed E-state index contributed by atoms with van der Waals surface area (Å²) < 4.78 is 1.95. The van der Waals surface area contributed by atoms with Crippen LogP contribution in [0.2, 0.25) is 0 Å². The van der Waals surface area contributed by atoms with Gasteiger partial charge in [-0.25, -0.2) is 0 Å². The van der Waals surface area contributed by atoms with Crippen molar-refractivity contribution in [1.82, 2.24) is 4.98 Å². The van der Waals surface area contributed by atoms with E-state index < -0.39 is 0 Å². The van der Waals surface area contributed by atoms with Crippen molar-refractivity contribution in [2.24, 2.45) is 0 Å². The van der Waals surface area contributed by atoms with Gasteiger partial charge in [0.1, 0.15) is 0 Å². The molecule has 1 aromatic carbocycles. The lowest BCUT2D eigenvalue weighted by Crippen LogP contribution is -2.16. The molecule has 0 fully saturated rings. The summed E-state index contributed by atoms with van der Waals surface area (Å²) in [6.45, 7) is 1.96. The predicted octanol–water partition coefficient (Wildman–Crippen LogP) is 3.94. The average molecular weight is 431 g/mol. The molecule has 0 saturated heterocycles. The van der Waals surface area contributed by atoms with Gasteiger partial charge >= 0.3 is 0 Å². The average Bonchev–Trinajstić information content (AvgIpc) is 2.37. The SMILES string of the molecule is Cc1cccnc1CC(=O)Nc1cc(Br)ccc1I. The Balaban J connectivity index is 2.10. The van der Waals surface area contributed by atoms with Crippen molar-refractivity contribution in [3.8, 4) is 0 Å². The van der Waals surface area contributed by atoms with Crippen molar-refractivity contribution in [2.45, 2.75) is 13.3 Å². The fraction of sp³-hybridized carbons (Fsp3) is 0.143. The van der Waals surface area contributed by atoms with Gasteiger partial charge in [-0.15, -0.1) is 0 Å². The number of aryl methyl sites for hydroxylation is 1. The van der Waals surface area contributed by atoms with Crippen LogP contribution in [-0.2, 0) is 11.2 Å². The molecule has 0 aliphatic carbocycles. The third-order valence-electron chi connectivity index (χ3n) is 2.65. The van der Waals surface area contributed by atoms with Gasteiger partial charge in [0.05, 0.1) is 17.8 Å². The second-order valence-corrected chi connectivity index (χ2v) is 6.19. The van der Waals surface area contributed by atoms with Gasteiger partial charge in [0.2, 0.25) is 5.91 Å².